The SMILES string of the molecule is COc1cnc2c(=O)[nH]ccc2n1. The largest absolute Gasteiger partial charge is 0.480 e. The molecule has 2 heterocycles. The minimum absolute atomic E-state index is 0.243. The molecule has 2 aromatic heterocycles. The molecule has 1 N–H and O–H groups in total. The molecule has 0 saturated heterocycles. The summed E-state index contributed by atoms with van der Waals surface area (Å²) in [5, 5.41) is 0. The normalized spacial score (nSPS) is 10.2. The van der Waals surface area contributed by atoms with Gasteiger partial charge in [-0.3, -0.25) is 4.79 Å². The predicted octanol–water partition coefficient (Wildman–Crippen LogP) is 0.327. The van der Waals surface area contributed by atoms with Gasteiger partial charge < -0.3 is 9.72 Å². The molecule has 0 bridgehead atoms. The Hall–Kier alpha value is -1.91. The third kappa shape index (κ3) is 1.24. The summed E-state index contributed by atoms with van der Waals surface area (Å²) in [5.41, 5.74) is 0.610. The first-order valence-electron chi connectivity index (χ1n) is 3.69. The molecule has 0 aromatic carbocycles. The van der Waals surface area contributed by atoms with Gasteiger partial charge in [-0.25, -0.2) is 9.97 Å². The summed E-state index contributed by atoms with van der Waals surface area (Å²) in [5.74, 6) is 0.401. The topological polar surface area (TPSA) is 67.9 Å². The molecule has 0 spiro atoms. The third-order valence-electron chi connectivity index (χ3n) is 1.66. The van der Waals surface area contributed by atoms with Crippen LogP contribution in [0.15, 0.2) is 23.3 Å². The van der Waals surface area contributed by atoms with Gasteiger partial charge in [0.1, 0.15) is 0 Å². The zero-order valence-electron chi connectivity index (χ0n) is 6.94. The number of methoxy groups -OCH3 is 1. The van der Waals surface area contributed by atoms with Gasteiger partial charge in [0.25, 0.3) is 5.56 Å². The molecule has 0 aliphatic carbocycles. The number of aromatic amines is 1. The van der Waals surface area contributed by atoms with Crippen molar-refractivity contribution >= 4 is 11.0 Å². The molecular formula is C8H7N3O2. The Labute approximate surface area is 73.4 Å². The minimum Gasteiger partial charge on any atom is -0.480 e. The van der Waals surface area contributed by atoms with Gasteiger partial charge in [-0.2, -0.15) is 0 Å². The number of H-pyrrole nitrogens is 1. The van der Waals surface area contributed by atoms with Gasteiger partial charge in [0.15, 0.2) is 5.52 Å². The lowest BCUT2D eigenvalue weighted by molar-refractivity contribution is 0.397. The molecule has 5 heteroatoms. The Morgan fingerprint density at radius 2 is 2.38 bits per heavy atom. The van der Waals surface area contributed by atoms with Crippen molar-refractivity contribution in [2.24, 2.45) is 0 Å². The molecule has 0 aliphatic rings. The number of nitrogens with zero attached hydrogens (tertiary/aromatic N) is 2. The van der Waals surface area contributed by atoms with E-state index < -0.39 is 0 Å². The Morgan fingerprint density at radius 1 is 1.54 bits per heavy atom. The van der Waals surface area contributed by atoms with Crippen molar-refractivity contribution in [2.75, 3.05) is 7.11 Å². The number of ether oxygens (including phenoxy) is 1. The molecule has 0 amide bonds. The number of pyridine rings is 1. The van der Waals surface area contributed by atoms with Crippen LogP contribution < -0.4 is 10.3 Å². The van der Waals surface area contributed by atoms with Gasteiger partial charge in [0, 0.05) is 6.20 Å². The third-order valence-corrected chi connectivity index (χ3v) is 1.66. The van der Waals surface area contributed by atoms with Crippen molar-refractivity contribution in [1.29, 1.82) is 0 Å². The summed E-state index contributed by atoms with van der Waals surface area (Å²) >= 11 is 0. The maximum atomic E-state index is 11.2. The molecule has 13 heavy (non-hydrogen) atoms. The second-order valence-corrected chi connectivity index (χ2v) is 2.45. The van der Waals surface area contributed by atoms with Crippen LogP contribution in [-0.4, -0.2) is 22.1 Å². The monoisotopic (exact) mass is 177 g/mol. The van der Waals surface area contributed by atoms with Gasteiger partial charge in [-0.05, 0) is 6.07 Å². The van der Waals surface area contributed by atoms with Crippen LogP contribution in [0.4, 0.5) is 0 Å². The number of hydrogen-bond donors (Lipinski definition) is 1. The minimum atomic E-state index is -0.243. The van der Waals surface area contributed by atoms with E-state index in [1.54, 1.807) is 6.07 Å². The molecule has 2 rings (SSSR count). The van der Waals surface area contributed by atoms with E-state index in [0.717, 1.165) is 0 Å². The number of hydrogen-bond acceptors (Lipinski definition) is 4. The molecule has 0 aliphatic heterocycles. The van der Waals surface area contributed by atoms with Crippen LogP contribution in [0.5, 0.6) is 5.88 Å². The first-order chi connectivity index (χ1) is 6.31. The molecule has 5 nitrogen and oxygen atoms in total. The van der Waals surface area contributed by atoms with Crippen molar-refractivity contribution in [3.05, 3.63) is 28.8 Å². The van der Waals surface area contributed by atoms with Crippen molar-refractivity contribution in [1.82, 2.24) is 15.0 Å². The van der Waals surface area contributed by atoms with E-state index in [0.29, 0.717) is 16.9 Å². The van der Waals surface area contributed by atoms with E-state index in [1.165, 1.54) is 19.5 Å². The lowest BCUT2D eigenvalue weighted by Crippen LogP contribution is -2.07. The Balaban J connectivity index is 2.80. The number of fused-ring (bicyclic) bond motifs is 1. The fraction of sp³-hybridized carbons (Fsp3) is 0.125. The highest BCUT2D eigenvalue weighted by atomic mass is 16.5. The molecule has 0 atom stereocenters. The van der Waals surface area contributed by atoms with Crippen molar-refractivity contribution in [2.45, 2.75) is 0 Å². The fourth-order valence-electron chi connectivity index (χ4n) is 1.04. The second-order valence-electron chi connectivity index (χ2n) is 2.45. The van der Waals surface area contributed by atoms with Gasteiger partial charge in [-0.15, -0.1) is 0 Å². The molecule has 0 unspecified atom stereocenters. The molecule has 0 fully saturated rings. The van der Waals surface area contributed by atoms with Gasteiger partial charge >= 0.3 is 0 Å². The highest BCUT2D eigenvalue weighted by Gasteiger charge is 2.01. The van der Waals surface area contributed by atoms with Crippen molar-refractivity contribution < 1.29 is 4.74 Å². The summed E-state index contributed by atoms with van der Waals surface area (Å²) < 4.78 is 4.88. The molecular weight excluding hydrogens is 170 g/mol. The number of rotatable bonds is 1. The summed E-state index contributed by atoms with van der Waals surface area (Å²) in [7, 11) is 1.50. The van der Waals surface area contributed by atoms with Crippen LogP contribution in [-0.2, 0) is 0 Å². The summed E-state index contributed by atoms with van der Waals surface area (Å²) in [6, 6.07) is 1.67. The predicted molar refractivity (Wildman–Crippen MR) is 46.7 cm³/mol. The Morgan fingerprint density at radius 3 is 3.15 bits per heavy atom. The second kappa shape index (κ2) is 2.85. The molecule has 2 aromatic rings. The van der Waals surface area contributed by atoms with E-state index in [-0.39, 0.29) is 5.56 Å². The lowest BCUT2D eigenvalue weighted by Gasteiger charge is -1.98. The standard InChI is InChI=1S/C8H7N3O2/c1-13-6-4-10-7-5(11-6)2-3-9-8(7)12/h2-4H,1H3,(H,9,12). The van der Waals surface area contributed by atoms with Crippen LogP contribution >= 0.6 is 0 Å². The highest BCUT2D eigenvalue weighted by molar-refractivity contribution is 5.72. The molecule has 66 valence electrons. The maximum absolute atomic E-state index is 11.2. The summed E-state index contributed by atoms with van der Waals surface area (Å²) in [6.07, 6.45) is 2.94. The first kappa shape index (κ1) is 7.72. The summed E-state index contributed by atoms with van der Waals surface area (Å²) in [4.78, 5) is 21.7. The van der Waals surface area contributed by atoms with E-state index in [9.17, 15) is 4.79 Å². The van der Waals surface area contributed by atoms with Crippen molar-refractivity contribution in [3.63, 3.8) is 0 Å². The zero-order chi connectivity index (χ0) is 9.26. The number of aromatic nitrogens is 3. The van der Waals surface area contributed by atoms with Gasteiger partial charge in [-0.1, -0.05) is 0 Å². The van der Waals surface area contributed by atoms with E-state index in [2.05, 4.69) is 15.0 Å². The zero-order valence-corrected chi connectivity index (χ0v) is 6.94. The Kier molecular flexibility index (Phi) is 1.70. The van der Waals surface area contributed by atoms with Crippen LogP contribution in [0, 0.1) is 0 Å². The lowest BCUT2D eigenvalue weighted by atomic mass is 10.4. The van der Waals surface area contributed by atoms with Crippen LogP contribution in [0.2, 0.25) is 0 Å². The average Bonchev–Trinajstić information content (AvgIpc) is 2.18. The quantitative estimate of drug-likeness (QED) is 0.681. The van der Waals surface area contributed by atoms with Crippen LogP contribution in [0.1, 0.15) is 0 Å². The first-order valence-corrected chi connectivity index (χ1v) is 3.69. The smallest absolute Gasteiger partial charge is 0.276 e. The Bertz CT molecular complexity index is 492. The van der Waals surface area contributed by atoms with E-state index in [1.807, 2.05) is 0 Å². The summed E-state index contributed by atoms with van der Waals surface area (Å²) in [6.45, 7) is 0. The van der Waals surface area contributed by atoms with Gasteiger partial charge in [0.05, 0.1) is 18.8 Å². The average molecular weight is 177 g/mol. The fourth-order valence-corrected chi connectivity index (χ4v) is 1.04. The van der Waals surface area contributed by atoms with E-state index >= 15 is 0 Å². The molecule has 0 saturated carbocycles. The molecule has 0 radical (unpaired) electrons. The van der Waals surface area contributed by atoms with Crippen LogP contribution in [0.3, 0.4) is 0 Å². The highest BCUT2D eigenvalue weighted by Crippen LogP contribution is 2.08. The van der Waals surface area contributed by atoms with Crippen LogP contribution in [0.25, 0.3) is 11.0 Å². The van der Waals surface area contributed by atoms with Crippen molar-refractivity contribution in [3.8, 4) is 5.88 Å². The maximum Gasteiger partial charge on any atom is 0.276 e. The van der Waals surface area contributed by atoms with Gasteiger partial charge in [0.2, 0.25) is 5.88 Å². The van der Waals surface area contributed by atoms with E-state index in [4.69, 9.17) is 4.74 Å². The number of nitrogens with one attached hydrogen (secondary N) is 1.